The van der Waals surface area contributed by atoms with Gasteiger partial charge in [-0.05, 0) is 43.2 Å². The van der Waals surface area contributed by atoms with Gasteiger partial charge in [0, 0.05) is 17.7 Å². The van der Waals surface area contributed by atoms with Crippen LogP contribution in [0.4, 0.5) is 10.1 Å². The van der Waals surface area contributed by atoms with Crippen LogP contribution in [0.5, 0.6) is 5.75 Å². The van der Waals surface area contributed by atoms with Gasteiger partial charge in [0.2, 0.25) is 0 Å². The third-order valence-corrected chi connectivity index (χ3v) is 3.64. The van der Waals surface area contributed by atoms with Crippen molar-refractivity contribution in [3.05, 3.63) is 69.5 Å². The second-order valence-corrected chi connectivity index (χ2v) is 5.64. The zero-order valence-corrected chi connectivity index (χ0v) is 13.3. The molecule has 1 amide bonds. The number of hydrogen-bond donors (Lipinski definition) is 3. The fourth-order valence-electron chi connectivity index (χ4n) is 2.34. The molecule has 0 radical (unpaired) electrons. The molecule has 2 aromatic rings. The van der Waals surface area contributed by atoms with Crippen molar-refractivity contribution in [1.29, 1.82) is 0 Å². The molecule has 8 heteroatoms. The summed E-state index contributed by atoms with van der Waals surface area (Å²) in [6, 6.07) is 8.26. The maximum Gasteiger partial charge on any atom is 0.310 e. The van der Waals surface area contributed by atoms with Crippen molar-refractivity contribution < 1.29 is 24.3 Å². The van der Waals surface area contributed by atoms with Crippen molar-refractivity contribution in [2.75, 3.05) is 0 Å². The molecule has 2 rings (SSSR count). The van der Waals surface area contributed by atoms with Crippen LogP contribution >= 0.6 is 0 Å². The van der Waals surface area contributed by atoms with E-state index < -0.39 is 40.2 Å². The van der Waals surface area contributed by atoms with E-state index in [-0.39, 0.29) is 12.0 Å². The highest BCUT2D eigenvalue weighted by atomic mass is 19.1. The van der Waals surface area contributed by atoms with Crippen LogP contribution in [0, 0.1) is 15.9 Å². The molecule has 2 atom stereocenters. The maximum absolute atomic E-state index is 12.9. The lowest BCUT2D eigenvalue weighted by Gasteiger charge is -2.18. The van der Waals surface area contributed by atoms with Crippen LogP contribution in [-0.2, 0) is 0 Å². The molecule has 3 N–H and O–H groups in total. The number of benzene rings is 2. The summed E-state index contributed by atoms with van der Waals surface area (Å²) >= 11 is 0. The standard InChI is InChI=1S/C17H17FN2O5/c1-10(8-15(21)11-2-5-13(18)6-3-11)19-17(23)12-4-7-14(20(24)25)16(22)9-12/h2-7,9-10,15,21-22H,8H2,1H3,(H,19,23)/t10-,15+/m0/s1. The Kier molecular flexibility index (Phi) is 5.66. The quantitative estimate of drug-likeness (QED) is 0.549. The van der Waals surface area contributed by atoms with Crippen LogP contribution < -0.4 is 5.32 Å². The van der Waals surface area contributed by atoms with E-state index in [0.29, 0.717) is 5.56 Å². The van der Waals surface area contributed by atoms with Crippen LogP contribution in [0.25, 0.3) is 0 Å². The number of nitrogens with one attached hydrogen (secondary N) is 1. The van der Waals surface area contributed by atoms with Crippen molar-refractivity contribution in [3.63, 3.8) is 0 Å². The molecule has 2 aromatic carbocycles. The van der Waals surface area contributed by atoms with E-state index >= 15 is 0 Å². The molecule has 25 heavy (non-hydrogen) atoms. The van der Waals surface area contributed by atoms with E-state index in [2.05, 4.69) is 5.32 Å². The third-order valence-electron chi connectivity index (χ3n) is 3.64. The molecule has 0 spiro atoms. The van der Waals surface area contributed by atoms with Gasteiger partial charge in [0.25, 0.3) is 5.91 Å². The number of hydrogen-bond acceptors (Lipinski definition) is 5. The smallest absolute Gasteiger partial charge is 0.310 e. The Morgan fingerprint density at radius 3 is 2.48 bits per heavy atom. The first-order valence-corrected chi connectivity index (χ1v) is 7.49. The lowest BCUT2D eigenvalue weighted by Crippen LogP contribution is -2.33. The predicted octanol–water partition coefficient (Wildman–Crippen LogP) is 2.68. The first-order valence-electron chi connectivity index (χ1n) is 7.49. The predicted molar refractivity (Wildman–Crippen MR) is 87.7 cm³/mol. The van der Waals surface area contributed by atoms with Crippen molar-refractivity contribution in [2.24, 2.45) is 0 Å². The lowest BCUT2D eigenvalue weighted by atomic mass is 10.0. The van der Waals surface area contributed by atoms with Crippen LogP contribution in [0.15, 0.2) is 42.5 Å². The van der Waals surface area contributed by atoms with E-state index in [1.165, 1.54) is 30.3 Å². The molecular formula is C17H17FN2O5. The number of aliphatic hydroxyl groups excluding tert-OH is 1. The molecule has 0 saturated carbocycles. The Hall–Kier alpha value is -3.00. The average molecular weight is 348 g/mol. The molecular weight excluding hydrogens is 331 g/mol. The fourth-order valence-corrected chi connectivity index (χ4v) is 2.34. The number of nitro benzene ring substituents is 1. The van der Waals surface area contributed by atoms with E-state index in [4.69, 9.17) is 0 Å². The normalized spacial score (nSPS) is 13.1. The summed E-state index contributed by atoms with van der Waals surface area (Å²) in [5, 5.41) is 33.0. The van der Waals surface area contributed by atoms with Gasteiger partial charge in [0.15, 0.2) is 5.75 Å². The highest BCUT2D eigenvalue weighted by molar-refractivity contribution is 5.95. The van der Waals surface area contributed by atoms with Gasteiger partial charge in [-0.1, -0.05) is 12.1 Å². The molecule has 7 nitrogen and oxygen atoms in total. The third kappa shape index (κ3) is 4.74. The molecule has 0 aliphatic rings. The van der Waals surface area contributed by atoms with Gasteiger partial charge in [-0.25, -0.2) is 4.39 Å². The first kappa shape index (κ1) is 18.3. The van der Waals surface area contributed by atoms with Gasteiger partial charge in [-0.2, -0.15) is 0 Å². The number of carbonyl (C=O) groups is 1. The van der Waals surface area contributed by atoms with E-state index in [9.17, 15) is 29.5 Å². The van der Waals surface area contributed by atoms with Crippen molar-refractivity contribution in [1.82, 2.24) is 5.32 Å². The van der Waals surface area contributed by atoms with Gasteiger partial charge in [-0.3, -0.25) is 14.9 Å². The van der Waals surface area contributed by atoms with E-state index in [1.54, 1.807) is 6.92 Å². The molecule has 0 aliphatic heterocycles. The van der Waals surface area contributed by atoms with Crippen molar-refractivity contribution in [2.45, 2.75) is 25.5 Å². The topological polar surface area (TPSA) is 113 Å². The number of nitrogens with zero attached hydrogens (tertiary/aromatic N) is 1. The number of carbonyl (C=O) groups excluding carboxylic acids is 1. The summed E-state index contributed by atoms with van der Waals surface area (Å²) in [5.41, 5.74) is 0.0954. The van der Waals surface area contributed by atoms with Crippen LogP contribution in [-0.4, -0.2) is 27.1 Å². The number of halogens is 1. The fraction of sp³-hybridized carbons (Fsp3) is 0.235. The summed E-state index contributed by atoms with van der Waals surface area (Å²) < 4.78 is 12.9. The summed E-state index contributed by atoms with van der Waals surface area (Å²) in [6.45, 7) is 1.68. The van der Waals surface area contributed by atoms with Crippen LogP contribution in [0.2, 0.25) is 0 Å². The average Bonchev–Trinajstić information content (AvgIpc) is 2.54. The van der Waals surface area contributed by atoms with Gasteiger partial charge in [0.1, 0.15) is 5.82 Å². The molecule has 132 valence electrons. The molecule has 0 unspecified atom stereocenters. The maximum atomic E-state index is 12.9. The number of phenolic OH excluding ortho intramolecular Hbond substituents is 1. The molecule has 0 aromatic heterocycles. The van der Waals surface area contributed by atoms with E-state index in [1.807, 2.05) is 0 Å². The first-order chi connectivity index (χ1) is 11.8. The minimum atomic E-state index is -0.888. The Labute approximate surface area is 142 Å². The zero-order valence-electron chi connectivity index (χ0n) is 13.3. The SMILES string of the molecule is C[C@@H](C[C@@H](O)c1ccc(F)cc1)NC(=O)c1ccc([N+](=O)[O-])c(O)c1. The minimum Gasteiger partial charge on any atom is -0.502 e. The molecule has 0 heterocycles. The summed E-state index contributed by atoms with van der Waals surface area (Å²) in [6.07, 6.45) is -0.697. The summed E-state index contributed by atoms with van der Waals surface area (Å²) in [7, 11) is 0. The molecule has 0 aliphatic carbocycles. The highest BCUT2D eigenvalue weighted by Gasteiger charge is 2.19. The number of nitro groups is 1. The second-order valence-electron chi connectivity index (χ2n) is 5.64. The molecule has 0 saturated heterocycles. The lowest BCUT2D eigenvalue weighted by molar-refractivity contribution is -0.385. The summed E-state index contributed by atoms with van der Waals surface area (Å²) in [4.78, 5) is 22.0. The highest BCUT2D eigenvalue weighted by Crippen LogP contribution is 2.26. The van der Waals surface area contributed by atoms with Gasteiger partial charge < -0.3 is 15.5 Å². The largest absolute Gasteiger partial charge is 0.502 e. The number of aliphatic hydroxyl groups is 1. The van der Waals surface area contributed by atoms with Gasteiger partial charge in [-0.15, -0.1) is 0 Å². The van der Waals surface area contributed by atoms with Crippen LogP contribution in [0.1, 0.15) is 35.4 Å². The van der Waals surface area contributed by atoms with Crippen LogP contribution in [0.3, 0.4) is 0 Å². The Balaban J connectivity index is 1.98. The van der Waals surface area contributed by atoms with E-state index in [0.717, 1.165) is 12.1 Å². The number of amides is 1. The Bertz CT molecular complexity index is 779. The second kappa shape index (κ2) is 7.71. The van der Waals surface area contributed by atoms with Gasteiger partial charge in [0.05, 0.1) is 11.0 Å². The Morgan fingerprint density at radius 2 is 1.92 bits per heavy atom. The van der Waals surface area contributed by atoms with Crippen molar-refractivity contribution >= 4 is 11.6 Å². The Morgan fingerprint density at radius 1 is 1.28 bits per heavy atom. The minimum absolute atomic E-state index is 0.0613. The molecule has 0 fully saturated rings. The number of rotatable bonds is 6. The molecule has 0 bridgehead atoms. The number of aromatic hydroxyl groups is 1. The summed E-state index contributed by atoms with van der Waals surface area (Å²) in [5.74, 6) is -1.55. The number of phenols is 1. The monoisotopic (exact) mass is 348 g/mol. The van der Waals surface area contributed by atoms with Gasteiger partial charge >= 0.3 is 5.69 Å². The van der Waals surface area contributed by atoms with Crippen molar-refractivity contribution in [3.8, 4) is 5.75 Å². The zero-order chi connectivity index (χ0) is 18.6.